The van der Waals surface area contributed by atoms with E-state index in [0.29, 0.717) is 6.04 Å². The number of hydrogen-bond acceptors (Lipinski definition) is 3. The first-order chi connectivity index (χ1) is 8.15. The first-order valence-corrected chi connectivity index (χ1v) is 5.80. The average Bonchev–Trinajstić information content (AvgIpc) is 2.72. The Balaban J connectivity index is 1.95. The fraction of sp³-hybridized carbons (Fsp3) is 0.385. The summed E-state index contributed by atoms with van der Waals surface area (Å²) in [5, 5.41) is 11.4. The summed E-state index contributed by atoms with van der Waals surface area (Å²) in [4.78, 5) is 0. The van der Waals surface area contributed by atoms with Gasteiger partial charge in [-0.2, -0.15) is 0 Å². The molecule has 90 valence electrons. The van der Waals surface area contributed by atoms with Crippen molar-refractivity contribution in [3.8, 4) is 0 Å². The van der Waals surface area contributed by atoms with Crippen molar-refractivity contribution in [2.75, 3.05) is 0 Å². The first-order valence-electron chi connectivity index (χ1n) is 5.80. The summed E-state index contributed by atoms with van der Waals surface area (Å²) in [6.45, 7) is 5.01. The number of benzene rings is 1. The van der Waals surface area contributed by atoms with Gasteiger partial charge in [0.2, 0.25) is 0 Å². The third kappa shape index (κ3) is 3.14. The van der Waals surface area contributed by atoms with Crippen LogP contribution in [0.3, 0.4) is 0 Å². The van der Waals surface area contributed by atoms with Crippen LogP contribution in [0.5, 0.6) is 0 Å². The van der Waals surface area contributed by atoms with Gasteiger partial charge in [0.05, 0.1) is 5.69 Å². The van der Waals surface area contributed by atoms with Crippen LogP contribution in [0.25, 0.3) is 0 Å². The molecule has 2 rings (SSSR count). The Morgan fingerprint density at radius 1 is 1.41 bits per heavy atom. The molecule has 0 saturated carbocycles. The van der Waals surface area contributed by atoms with E-state index in [1.165, 1.54) is 11.1 Å². The van der Waals surface area contributed by atoms with Gasteiger partial charge in [0.25, 0.3) is 0 Å². The van der Waals surface area contributed by atoms with Gasteiger partial charge in [-0.3, -0.25) is 4.68 Å². The molecule has 1 aromatic carbocycles. The Labute approximate surface area is 102 Å². The van der Waals surface area contributed by atoms with Gasteiger partial charge in [0.1, 0.15) is 0 Å². The second-order valence-electron chi connectivity index (χ2n) is 4.40. The van der Waals surface area contributed by atoms with Crippen LogP contribution in [-0.2, 0) is 13.6 Å². The lowest BCUT2D eigenvalue weighted by Crippen LogP contribution is -2.18. The van der Waals surface area contributed by atoms with Gasteiger partial charge in [-0.25, -0.2) is 0 Å². The highest BCUT2D eigenvalue weighted by molar-refractivity contribution is 5.24. The molecule has 0 spiro atoms. The van der Waals surface area contributed by atoms with Crippen LogP contribution < -0.4 is 5.32 Å². The molecule has 1 N–H and O–H groups in total. The van der Waals surface area contributed by atoms with Crippen LogP contribution in [0.1, 0.15) is 29.8 Å². The Morgan fingerprint density at radius 3 is 2.88 bits per heavy atom. The predicted octanol–water partition coefficient (Wildman–Crippen LogP) is 1.97. The van der Waals surface area contributed by atoms with Gasteiger partial charge < -0.3 is 5.32 Å². The minimum atomic E-state index is 0.317. The number of aromatic nitrogens is 3. The second-order valence-corrected chi connectivity index (χ2v) is 4.40. The Kier molecular flexibility index (Phi) is 3.54. The average molecular weight is 230 g/mol. The predicted molar refractivity (Wildman–Crippen MR) is 67.4 cm³/mol. The molecule has 0 fully saturated rings. The Bertz CT molecular complexity index is 490. The molecular weight excluding hydrogens is 212 g/mol. The molecule has 0 aliphatic carbocycles. The van der Waals surface area contributed by atoms with Gasteiger partial charge in [0, 0.05) is 25.8 Å². The van der Waals surface area contributed by atoms with Crippen molar-refractivity contribution in [1.82, 2.24) is 20.3 Å². The fourth-order valence-corrected chi connectivity index (χ4v) is 1.79. The maximum absolute atomic E-state index is 4.05. The topological polar surface area (TPSA) is 42.7 Å². The van der Waals surface area contributed by atoms with Crippen LogP contribution in [0, 0.1) is 6.92 Å². The van der Waals surface area contributed by atoms with Gasteiger partial charge in [0.15, 0.2) is 0 Å². The van der Waals surface area contributed by atoms with E-state index in [2.05, 4.69) is 53.7 Å². The number of nitrogens with one attached hydrogen (secondary N) is 1. The zero-order valence-corrected chi connectivity index (χ0v) is 10.5. The van der Waals surface area contributed by atoms with Crippen molar-refractivity contribution in [2.24, 2.45) is 7.05 Å². The largest absolute Gasteiger partial charge is 0.304 e. The SMILES string of the molecule is Cc1cccc([C@@H](C)NCc2cn(C)nn2)c1. The van der Waals surface area contributed by atoms with E-state index in [1.54, 1.807) is 4.68 Å². The number of hydrogen-bond donors (Lipinski definition) is 1. The van der Waals surface area contributed by atoms with E-state index in [0.717, 1.165) is 12.2 Å². The van der Waals surface area contributed by atoms with Crippen LogP contribution >= 0.6 is 0 Å². The van der Waals surface area contributed by atoms with E-state index < -0.39 is 0 Å². The lowest BCUT2D eigenvalue weighted by molar-refractivity contribution is 0.566. The molecule has 2 aromatic rings. The number of rotatable bonds is 4. The standard InChI is InChI=1S/C13H18N4/c1-10-5-4-6-12(7-10)11(2)14-8-13-9-17(3)16-15-13/h4-7,9,11,14H,8H2,1-3H3/t11-/m1/s1. The minimum Gasteiger partial charge on any atom is -0.304 e. The molecule has 1 aromatic heterocycles. The van der Waals surface area contributed by atoms with Crippen LogP contribution in [-0.4, -0.2) is 15.0 Å². The Hall–Kier alpha value is -1.68. The summed E-state index contributed by atoms with van der Waals surface area (Å²) in [6, 6.07) is 8.86. The maximum Gasteiger partial charge on any atom is 0.0964 e. The fourth-order valence-electron chi connectivity index (χ4n) is 1.79. The normalized spacial score (nSPS) is 12.6. The molecule has 1 heterocycles. The lowest BCUT2D eigenvalue weighted by atomic mass is 10.1. The molecule has 0 radical (unpaired) electrons. The highest BCUT2D eigenvalue weighted by Crippen LogP contribution is 2.13. The van der Waals surface area contributed by atoms with E-state index in [4.69, 9.17) is 0 Å². The van der Waals surface area contributed by atoms with Crippen molar-refractivity contribution in [1.29, 1.82) is 0 Å². The van der Waals surface area contributed by atoms with Crippen molar-refractivity contribution in [2.45, 2.75) is 26.4 Å². The third-order valence-electron chi connectivity index (χ3n) is 2.78. The highest BCUT2D eigenvalue weighted by atomic mass is 15.4. The monoisotopic (exact) mass is 230 g/mol. The van der Waals surface area contributed by atoms with Crippen molar-refractivity contribution in [3.05, 3.63) is 47.3 Å². The second kappa shape index (κ2) is 5.10. The van der Waals surface area contributed by atoms with Crippen LogP contribution in [0.4, 0.5) is 0 Å². The zero-order valence-electron chi connectivity index (χ0n) is 10.5. The summed E-state index contributed by atoms with van der Waals surface area (Å²) in [6.07, 6.45) is 1.93. The number of nitrogens with zero attached hydrogens (tertiary/aromatic N) is 3. The zero-order chi connectivity index (χ0) is 12.3. The van der Waals surface area contributed by atoms with E-state index in [-0.39, 0.29) is 0 Å². The van der Waals surface area contributed by atoms with E-state index >= 15 is 0 Å². The third-order valence-corrected chi connectivity index (χ3v) is 2.78. The molecule has 0 bridgehead atoms. The smallest absolute Gasteiger partial charge is 0.0964 e. The maximum atomic E-state index is 4.05. The summed E-state index contributed by atoms with van der Waals surface area (Å²) in [5.74, 6) is 0. The van der Waals surface area contributed by atoms with Crippen LogP contribution in [0.15, 0.2) is 30.5 Å². The molecule has 0 amide bonds. The van der Waals surface area contributed by atoms with Gasteiger partial charge in [-0.15, -0.1) is 5.10 Å². The number of aryl methyl sites for hydroxylation is 2. The summed E-state index contributed by atoms with van der Waals surface area (Å²) < 4.78 is 1.72. The molecule has 0 aliphatic rings. The molecule has 0 aliphatic heterocycles. The minimum absolute atomic E-state index is 0.317. The van der Waals surface area contributed by atoms with Gasteiger partial charge >= 0.3 is 0 Å². The Morgan fingerprint density at radius 2 is 2.24 bits per heavy atom. The molecule has 1 atom stereocenters. The van der Waals surface area contributed by atoms with Crippen LogP contribution in [0.2, 0.25) is 0 Å². The molecule has 0 saturated heterocycles. The van der Waals surface area contributed by atoms with Gasteiger partial charge in [-0.05, 0) is 19.4 Å². The van der Waals surface area contributed by atoms with E-state index in [9.17, 15) is 0 Å². The molecule has 4 heteroatoms. The van der Waals surface area contributed by atoms with Crippen molar-refractivity contribution < 1.29 is 0 Å². The van der Waals surface area contributed by atoms with Crippen molar-refractivity contribution >= 4 is 0 Å². The quantitative estimate of drug-likeness (QED) is 0.873. The molecule has 4 nitrogen and oxygen atoms in total. The molecule has 17 heavy (non-hydrogen) atoms. The highest BCUT2D eigenvalue weighted by Gasteiger charge is 2.06. The lowest BCUT2D eigenvalue weighted by Gasteiger charge is -2.13. The summed E-state index contributed by atoms with van der Waals surface area (Å²) in [7, 11) is 1.88. The molecule has 0 unspecified atom stereocenters. The summed E-state index contributed by atoms with van der Waals surface area (Å²) >= 11 is 0. The van der Waals surface area contributed by atoms with E-state index in [1.807, 2.05) is 13.2 Å². The molecular formula is C13H18N4. The first kappa shape index (κ1) is 11.8. The van der Waals surface area contributed by atoms with Crippen molar-refractivity contribution in [3.63, 3.8) is 0 Å². The van der Waals surface area contributed by atoms with Gasteiger partial charge in [-0.1, -0.05) is 35.0 Å². The summed E-state index contributed by atoms with van der Waals surface area (Å²) in [5.41, 5.74) is 3.55.